The van der Waals surface area contributed by atoms with Gasteiger partial charge in [0.15, 0.2) is 0 Å². The van der Waals surface area contributed by atoms with Crippen molar-refractivity contribution in [2.45, 2.75) is 33.1 Å². The normalized spacial score (nSPS) is 12.3. The van der Waals surface area contributed by atoms with E-state index >= 15 is 0 Å². The van der Waals surface area contributed by atoms with Gasteiger partial charge in [0.05, 0.1) is 16.2 Å². The molecule has 3 aromatic rings. The molecule has 1 aromatic carbocycles. The number of fused-ring (bicyclic) bond motifs is 1. The van der Waals surface area contributed by atoms with Gasteiger partial charge < -0.3 is 5.32 Å². The lowest BCUT2D eigenvalue weighted by atomic mass is 10.1. The maximum atomic E-state index is 13.3. The predicted octanol–water partition coefficient (Wildman–Crippen LogP) is 3.85. The highest BCUT2D eigenvalue weighted by Crippen LogP contribution is 2.30. The molecule has 0 fully saturated rings. The molecule has 3 rings (SSSR count). The van der Waals surface area contributed by atoms with Crippen LogP contribution < -0.4 is 10.9 Å². The van der Waals surface area contributed by atoms with Crippen LogP contribution in [0.3, 0.4) is 0 Å². The van der Waals surface area contributed by atoms with Crippen LogP contribution in [0.2, 0.25) is 0 Å². The summed E-state index contributed by atoms with van der Waals surface area (Å²) in [5, 5.41) is 3.57. The molecule has 136 valence electrons. The highest BCUT2D eigenvalue weighted by atomic mass is 32.1. The van der Waals surface area contributed by atoms with Crippen LogP contribution in [0.5, 0.6) is 0 Å². The molecule has 0 saturated carbocycles. The molecule has 0 aliphatic rings. The van der Waals surface area contributed by atoms with E-state index in [4.69, 9.17) is 0 Å². The predicted molar refractivity (Wildman–Crippen MR) is 102 cm³/mol. The summed E-state index contributed by atoms with van der Waals surface area (Å²) in [5.41, 5.74) is 0.696. The lowest BCUT2D eigenvalue weighted by molar-refractivity contribution is 0.0954. The van der Waals surface area contributed by atoms with Crippen LogP contribution in [-0.4, -0.2) is 22.0 Å². The Morgan fingerprint density at radius 1 is 1.31 bits per heavy atom. The number of aromatic nitrogens is 2. The SMILES string of the molecule is CCNC(=O)c1cc2nc(C(C)CC)sc2n(-c2ccc(F)cc2)c1=O. The first kappa shape index (κ1) is 18.3. The summed E-state index contributed by atoms with van der Waals surface area (Å²) >= 11 is 1.43. The van der Waals surface area contributed by atoms with E-state index in [-0.39, 0.29) is 17.3 Å². The second-order valence-electron chi connectivity index (χ2n) is 6.09. The molecule has 7 heteroatoms. The molecule has 1 atom stereocenters. The van der Waals surface area contributed by atoms with E-state index in [1.807, 2.05) is 0 Å². The number of hydrogen-bond donors (Lipinski definition) is 1. The summed E-state index contributed by atoms with van der Waals surface area (Å²) in [4.78, 5) is 30.6. The number of rotatable bonds is 5. The third-order valence-electron chi connectivity index (χ3n) is 4.27. The van der Waals surface area contributed by atoms with E-state index in [2.05, 4.69) is 24.1 Å². The first-order chi connectivity index (χ1) is 12.5. The molecule has 1 N–H and O–H groups in total. The second kappa shape index (κ2) is 7.37. The molecule has 2 heterocycles. The Balaban J connectivity index is 2.32. The summed E-state index contributed by atoms with van der Waals surface area (Å²) in [6, 6.07) is 7.19. The van der Waals surface area contributed by atoms with E-state index in [1.165, 1.54) is 40.2 Å². The third-order valence-corrected chi connectivity index (χ3v) is 5.56. The van der Waals surface area contributed by atoms with Gasteiger partial charge in [-0.1, -0.05) is 25.2 Å². The minimum absolute atomic E-state index is 0.0321. The Hall–Kier alpha value is -2.54. The van der Waals surface area contributed by atoms with Gasteiger partial charge in [0.1, 0.15) is 16.2 Å². The first-order valence-corrected chi connectivity index (χ1v) is 9.38. The molecule has 26 heavy (non-hydrogen) atoms. The summed E-state index contributed by atoms with van der Waals surface area (Å²) in [6.07, 6.45) is 0.920. The highest BCUT2D eigenvalue weighted by molar-refractivity contribution is 7.18. The standard InChI is InChI=1S/C19H20FN3O2S/c1-4-11(3)17-22-15-10-14(16(24)21-5-2)18(25)23(19(15)26-17)13-8-6-12(20)7-9-13/h6-11H,4-5H2,1-3H3,(H,21,24). The van der Waals surface area contributed by atoms with Crippen molar-refractivity contribution in [2.24, 2.45) is 0 Å². The average molecular weight is 373 g/mol. The van der Waals surface area contributed by atoms with Gasteiger partial charge in [0.25, 0.3) is 11.5 Å². The van der Waals surface area contributed by atoms with Crippen LogP contribution in [0.15, 0.2) is 35.1 Å². The van der Waals surface area contributed by atoms with Gasteiger partial charge in [0, 0.05) is 12.5 Å². The molecular weight excluding hydrogens is 353 g/mol. The molecule has 0 radical (unpaired) electrons. The lowest BCUT2D eigenvalue weighted by Gasteiger charge is -2.10. The van der Waals surface area contributed by atoms with Crippen LogP contribution in [-0.2, 0) is 0 Å². The fraction of sp³-hybridized carbons (Fsp3) is 0.316. The Morgan fingerprint density at radius 3 is 2.62 bits per heavy atom. The van der Waals surface area contributed by atoms with Crippen molar-refractivity contribution in [2.75, 3.05) is 6.54 Å². The van der Waals surface area contributed by atoms with Gasteiger partial charge in [-0.2, -0.15) is 0 Å². The fourth-order valence-electron chi connectivity index (χ4n) is 2.63. The number of benzene rings is 1. The molecule has 0 bridgehead atoms. The summed E-state index contributed by atoms with van der Waals surface area (Å²) < 4.78 is 14.8. The Labute approximate surface area is 154 Å². The maximum Gasteiger partial charge on any atom is 0.269 e. The molecule has 0 aliphatic carbocycles. The van der Waals surface area contributed by atoms with Gasteiger partial charge in [-0.15, -0.1) is 0 Å². The van der Waals surface area contributed by atoms with Crippen LogP contribution in [0.1, 0.15) is 48.5 Å². The number of hydrogen-bond acceptors (Lipinski definition) is 4. The Bertz CT molecular complexity index is 1010. The molecule has 0 aliphatic heterocycles. The zero-order chi connectivity index (χ0) is 18.8. The van der Waals surface area contributed by atoms with Crippen molar-refractivity contribution in [3.05, 3.63) is 57.1 Å². The number of pyridine rings is 1. The smallest absolute Gasteiger partial charge is 0.269 e. The van der Waals surface area contributed by atoms with Crippen LogP contribution >= 0.6 is 11.3 Å². The van der Waals surface area contributed by atoms with E-state index < -0.39 is 11.5 Å². The summed E-state index contributed by atoms with van der Waals surface area (Å²) in [5.74, 6) is -0.576. The zero-order valence-corrected chi connectivity index (χ0v) is 15.7. The van der Waals surface area contributed by atoms with E-state index in [1.54, 1.807) is 13.0 Å². The zero-order valence-electron chi connectivity index (χ0n) is 14.9. The maximum absolute atomic E-state index is 13.3. The molecule has 5 nitrogen and oxygen atoms in total. The number of amides is 1. The van der Waals surface area contributed by atoms with Crippen molar-refractivity contribution in [3.63, 3.8) is 0 Å². The van der Waals surface area contributed by atoms with Crippen molar-refractivity contribution >= 4 is 27.6 Å². The van der Waals surface area contributed by atoms with Crippen molar-refractivity contribution in [1.29, 1.82) is 0 Å². The highest BCUT2D eigenvalue weighted by Gasteiger charge is 2.20. The summed E-state index contributed by atoms with van der Waals surface area (Å²) in [7, 11) is 0. The van der Waals surface area contributed by atoms with Gasteiger partial charge in [-0.05, 0) is 43.7 Å². The van der Waals surface area contributed by atoms with E-state index in [0.29, 0.717) is 22.6 Å². The molecular formula is C19H20FN3O2S. The Morgan fingerprint density at radius 2 is 2.00 bits per heavy atom. The molecule has 1 amide bonds. The third kappa shape index (κ3) is 3.26. The number of nitrogens with one attached hydrogen (secondary N) is 1. The lowest BCUT2D eigenvalue weighted by Crippen LogP contribution is -2.32. The summed E-state index contributed by atoms with van der Waals surface area (Å²) in [6.45, 7) is 6.35. The van der Waals surface area contributed by atoms with Gasteiger partial charge in [-0.25, -0.2) is 9.37 Å². The van der Waals surface area contributed by atoms with E-state index in [0.717, 1.165) is 11.4 Å². The number of nitrogens with zero attached hydrogens (tertiary/aromatic N) is 2. The monoisotopic (exact) mass is 373 g/mol. The van der Waals surface area contributed by atoms with Crippen LogP contribution in [0.4, 0.5) is 4.39 Å². The van der Waals surface area contributed by atoms with Crippen molar-refractivity contribution in [1.82, 2.24) is 14.9 Å². The molecule has 2 aromatic heterocycles. The van der Waals surface area contributed by atoms with Crippen molar-refractivity contribution < 1.29 is 9.18 Å². The number of carbonyl (C=O) groups is 1. The fourth-order valence-corrected chi connectivity index (χ4v) is 3.83. The van der Waals surface area contributed by atoms with Gasteiger partial charge in [-0.3, -0.25) is 14.2 Å². The van der Waals surface area contributed by atoms with Gasteiger partial charge in [0.2, 0.25) is 0 Å². The number of thiazole rings is 1. The molecule has 0 saturated heterocycles. The minimum Gasteiger partial charge on any atom is -0.352 e. The van der Waals surface area contributed by atoms with E-state index in [9.17, 15) is 14.0 Å². The van der Waals surface area contributed by atoms with Gasteiger partial charge >= 0.3 is 0 Å². The largest absolute Gasteiger partial charge is 0.352 e. The van der Waals surface area contributed by atoms with Crippen LogP contribution in [0.25, 0.3) is 16.0 Å². The quantitative estimate of drug-likeness (QED) is 0.739. The second-order valence-corrected chi connectivity index (χ2v) is 7.10. The topological polar surface area (TPSA) is 64.0 Å². The number of carbonyl (C=O) groups excluding carboxylic acids is 1. The van der Waals surface area contributed by atoms with Crippen LogP contribution in [0, 0.1) is 5.82 Å². The van der Waals surface area contributed by atoms with Crippen molar-refractivity contribution in [3.8, 4) is 5.69 Å². The minimum atomic E-state index is -0.437. The number of halogens is 1. The first-order valence-electron chi connectivity index (χ1n) is 8.56. The molecule has 1 unspecified atom stereocenters. The Kier molecular flexibility index (Phi) is 5.18. The average Bonchev–Trinajstić information content (AvgIpc) is 3.05. The molecule has 0 spiro atoms.